The van der Waals surface area contributed by atoms with Crippen molar-refractivity contribution in [3.05, 3.63) is 251 Å². The summed E-state index contributed by atoms with van der Waals surface area (Å²) in [5.41, 5.74) is 17.1. The van der Waals surface area contributed by atoms with E-state index in [0.29, 0.717) is 5.92 Å². The van der Waals surface area contributed by atoms with Gasteiger partial charge in [-0.3, -0.25) is 9.98 Å². The maximum Gasteiger partial charge on any atom is 0.0848 e. The Morgan fingerprint density at radius 2 is 1.68 bits per heavy atom. The van der Waals surface area contributed by atoms with E-state index in [0.717, 1.165) is 65.3 Å². The lowest BCUT2D eigenvalue weighted by Gasteiger charge is -2.29. The summed E-state index contributed by atoms with van der Waals surface area (Å²) in [4.78, 5) is 9.56. The molecule has 0 bridgehead atoms. The molecule has 3 aromatic rings. The number of aliphatic imine (C=N–C) groups is 1. The Morgan fingerprint density at radius 1 is 0.850 bits per heavy atom. The van der Waals surface area contributed by atoms with Gasteiger partial charge >= 0.3 is 0 Å². The topological polar surface area (TPSA) is 25.2 Å². The van der Waals surface area contributed by atoms with Gasteiger partial charge in [-0.15, -0.1) is 0 Å². The molecule has 2 nitrogen and oxygen atoms in total. The number of nitrogens with zero attached hydrogens (tertiary/aromatic N) is 2. The average Bonchev–Trinajstić information content (AvgIpc) is 3.29. The van der Waals surface area contributed by atoms with Crippen molar-refractivity contribution in [3.8, 4) is 0 Å². The molecule has 8 rings (SSSR count). The van der Waals surface area contributed by atoms with E-state index in [4.69, 9.17) is 9.98 Å². The van der Waals surface area contributed by atoms with Crippen LogP contribution in [0.25, 0.3) is 27.6 Å². The average molecular weight is 779 g/mol. The third-order valence-corrected chi connectivity index (χ3v) is 12.2. The molecule has 1 aliphatic heterocycles. The zero-order chi connectivity index (χ0) is 41.3. The van der Waals surface area contributed by atoms with Gasteiger partial charge in [0.05, 0.1) is 11.6 Å². The van der Waals surface area contributed by atoms with Gasteiger partial charge in [0.2, 0.25) is 0 Å². The Labute approximate surface area is 357 Å². The summed E-state index contributed by atoms with van der Waals surface area (Å²) in [6, 6.07) is 19.8. The fourth-order valence-electron chi connectivity index (χ4n) is 8.65. The molecule has 2 heterocycles. The fraction of sp³-hybridized carbons (Fsp3) is 0.172. The van der Waals surface area contributed by atoms with E-state index < -0.39 is 0 Å². The van der Waals surface area contributed by atoms with Crippen molar-refractivity contribution in [2.75, 3.05) is 0 Å². The van der Waals surface area contributed by atoms with Gasteiger partial charge in [0.15, 0.2) is 0 Å². The second-order valence-corrected chi connectivity index (χ2v) is 16.1. The maximum absolute atomic E-state index is 4.86. The summed E-state index contributed by atoms with van der Waals surface area (Å²) in [6.07, 6.45) is 53.0. The van der Waals surface area contributed by atoms with Crippen LogP contribution in [0.4, 0.5) is 0 Å². The Hall–Kier alpha value is -6.64. The number of aromatic nitrogens is 1. The van der Waals surface area contributed by atoms with Crippen LogP contribution in [0.1, 0.15) is 62.6 Å². The van der Waals surface area contributed by atoms with E-state index in [1.807, 2.05) is 24.6 Å². The lowest BCUT2D eigenvalue weighted by molar-refractivity contribution is 0.647. The zero-order valence-corrected chi connectivity index (χ0v) is 35.0. The number of hydrogen-bond acceptors (Lipinski definition) is 2. The van der Waals surface area contributed by atoms with E-state index >= 15 is 0 Å². The minimum atomic E-state index is 0.179. The summed E-state index contributed by atoms with van der Waals surface area (Å²) in [5, 5.41) is 1.13. The molecule has 0 fully saturated rings. The van der Waals surface area contributed by atoms with Crippen molar-refractivity contribution in [2.24, 2.45) is 16.8 Å². The molecule has 2 aromatic carbocycles. The fourth-order valence-corrected chi connectivity index (χ4v) is 8.65. The Bertz CT molecular complexity index is 2650. The number of pyridine rings is 1. The highest BCUT2D eigenvalue weighted by Crippen LogP contribution is 2.38. The van der Waals surface area contributed by atoms with E-state index in [-0.39, 0.29) is 12.0 Å². The molecule has 296 valence electrons. The molecule has 0 saturated carbocycles. The number of hydrogen-bond donors (Lipinski definition) is 0. The van der Waals surface area contributed by atoms with Crippen molar-refractivity contribution in [3.63, 3.8) is 0 Å². The number of fused-ring (bicyclic) bond motifs is 2. The second-order valence-electron chi connectivity index (χ2n) is 16.1. The molecule has 0 amide bonds. The monoisotopic (exact) mass is 778 g/mol. The van der Waals surface area contributed by atoms with Crippen LogP contribution in [0, 0.1) is 11.8 Å². The molecule has 1 aromatic heterocycles. The van der Waals surface area contributed by atoms with Crippen LogP contribution >= 0.6 is 0 Å². The standard InChI is InChI=1S/C58H54N2/c1-5-44(55-25-13-19-50-21-15-37-59-57(50)55)28-27-41(2)42(3)39-52(40-43(4)45-29-33-49(34-30-45)56-26-14-20-51-22-16-38-60-58(51)56)46-31-35-48(36-32-46)54-24-12-7-6-11-23-53(54)47-17-9-8-10-18-47/h5-11,13-17,19-26,28-29,31-33,35-41,51,58H,1,3,12,18,27,30,34H2,2,4H3/b7-6-,23-11+,43-40+,44-28+,52-39+,53-47+,54-24-. The molecule has 3 unspecified atom stereocenters. The first-order valence-corrected chi connectivity index (χ1v) is 21.4. The SMILES string of the molecule is C=C/C(=C\CC(C)C(=C)/C=C(\C=C(/C)C1=CC=C(C2=CC=CC3C=CC=NC23)CC1)c1ccc(\C2=C\C\C=C/C=C/C2=C2/C=CC=CC2)cc1)c1cccc2cccnc12. The normalized spacial score (nSPS) is 24.0. The Kier molecular flexibility index (Phi) is 12.7. The van der Waals surface area contributed by atoms with Crippen molar-refractivity contribution in [1.29, 1.82) is 0 Å². The number of para-hydroxylation sites is 1. The van der Waals surface area contributed by atoms with Crippen LogP contribution in [0.3, 0.4) is 0 Å². The van der Waals surface area contributed by atoms with Crippen molar-refractivity contribution >= 4 is 33.8 Å². The Balaban J connectivity index is 1.10. The number of allylic oxidation sites excluding steroid dienone is 26. The molecule has 0 radical (unpaired) electrons. The van der Waals surface area contributed by atoms with Gasteiger partial charge in [-0.05, 0) is 118 Å². The quantitative estimate of drug-likeness (QED) is 0.178. The van der Waals surface area contributed by atoms with E-state index in [9.17, 15) is 0 Å². The zero-order valence-electron chi connectivity index (χ0n) is 35.0. The molecule has 60 heavy (non-hydrogen) atoms. The highest BCUT2D eigenvalue weighted by molar-refractivity contribution is 5.93. The molecule has 0 spiro atoms. The lowest BCUT2D eigenvalue weighted by Crippen LogP contribution is -2.23. The predicted molar refractivity (Wildman–Crippen MR) is 259 cm³/mol. The summed E-state index contributed by atoms with van der Waals surface area (Å²) >= 11 is 0. The van der Waals surface area contributed by atoms with Gasteiger partial charge < -0.3 is 0 Å². The molecule has 4 aliphatic carbocycles. The largest absolute Gasteiger partial charge is 0.284 e. The molecule has 2 heteroatoms. The molecular formula is C58H54N2. The minimum Gasteiger partial charge on any atom is -0.284 e. The highest BCUT2D eigenvalue weighted by atomic mass is 14.8. The maximum atomic E-state index is 4.86. The predicted octanol–water partition coefficient (Wildman–Crippen LogP) is 14.9. The molecule has 3 atom stereocenters. The number of dihydropyridines is 1. The van der Waals surface area contributed by atoms with E-state index in [1.54, 1.807) is 0 Å². The van der Waals surface area contributed by atoms with Gasteiger partial charge in [0.25, 0.3) is 0 Å². The molecule has 0 N–H and O–H groups in total. The van der Waals surface area contributed by atoms with Crippen molar-refractivity contribution in [1.82, 2.24) is 4.98 Å². The summed E-state index contributed by atoms with van der Waals surface area (Å²) in [7, 11) is 0. The number of benzene rings is 2. The van der Waals surface area contributed by atoms with Crippen LogP contribution in [0.2, 0.25) is 0 Å². The van der Waals surface area contributed by atoms with Crippen LogP contribution < -0.4 is 0 Å². The van der Waals surface area contributed by atoms with Crippen LogP contribution in [-0.4, -0.2) is 17.2 Å². The summed E-state index contributed by atoms with van der Waals surface area (Å²) < 4.78 is 0. The smallest absolute Gasteiger partial charge is 0.0848 e. The molecule has 0 saturated heterocycles. The second kappa shape index (κ2) is 19.0. The third kappa shape index (κ3) is 9.14. The van der Waals surface area contributed by atoms with Gasteiger partial charge in [-0.1, -0.05) is 190 Å². The van der Waals surface area contributed by atoms with Crippen molar-refractivity contribution in [2.45, 2.75) is 52.0 Å². The minimum absolute atomic E-state index is 0.179. The van der Waals surface area contributed by atoms with E-state index in [2.05, 4.69) is 191 Å². The first-order chi connectivity index (χ1) is 29.5. The summed E-state index contributed by atoms with van der Waals surface area (Å²) in [6.45, 7) is 13.4. The number of rotatable bonds is 11. The van der Waals surface area contributed by atoms with Crippen LogP contribution in [0.5, 0.6) is 0 Å². The van der Waals surface area contributed by atoms with Gasteiger partial charge in [0.1, 0.15) is 0 Å². The highest BCUT2D eigenvalue weighted by Gasteiger charge is 2.27. The molecule has 5 aliphatic rings. The van der Waals surface area contributed by atoms with Crippen molar-refractivity contribution < 1.29 is 0 Å². The molecular weight excluding hydrogens is 725 g/mol. The lowest BCUT2D eigenvalue weighted by atomic mass is 9.80. The third-order valence-electron chi connectivity index (χ3n) is 12.2. The van der Waals surface area contributed by atoms with Gasteiger partial charge in [0, 0.05) is 29.3 Å². The first-order valence-electron chi connectivity index (χ1n) is 21.4. The van der Waals surface area contributed by atoms with Crippen LogP contribution in [-0.2, 0) is 0 Å². The van der Waals surface area contributed by atoms with Gasteiger partial charge in [-0.25, -0.2) is 0 Å². The van der Waals surface area contributed by atoms with Gasteiger partial charge in [-0.2, -0.15) is 0 Å². The van der Waals surface area contributed by atoms with E-state index in [1.165, 1.54) is 50.1 Å². The summed E-state index contributed by atoms with van der Waals surface area (Å²) in [5.74, 6) is 0.545. The Morgan fingerprint density at radius 3 is 2.50 bits per heavy atom. The van der Waals surface area contributed by atoms with Crippen LogP contribution in [0.15, 0.2) is 239 Å². The first kappa shape index (κ1) is 40.2.